The van der Waals surface area contributed by atoms with Gasteiger partial charge < -0.3 is 5.32 Å². The molecule has 3 nitrogen and oxygen atoms in total. The van der Waals surface area contributed by atoms with Gasteiger partial charge in [0.2, 0.25) is 5.91 Å². The van der Waals surface area contributed by atoms with Gasteiger partial charge in [-0.2, -0.15) is 0 Å². The largest absolute Gasteiger partial charge is 0.353 e. The molecule has 1 heterocycles. The number of aromatic nitrogens is 1. The van der Waals surface area contributed by atoms with Crippen molar-refractivity contribution in [2.75, 3.05) is 0 Å². The highest BCUT2D eigenvalue weighted by Gasteiger charge is 2.14. The summed E-state index contributed by atoms with van der Waals surface area (Å²) in [5.74, 6) is 0.0947. The first-order valence-electron chi connectivity index (χ1n) is 8.67. The number of para-hydroxylation sites is 1. The zero-order valence-electron chi connectivity index (χ0n) is 14.8. The molecule has 3 heteroatoms. The SMILES string of the molecule is CCCCCC(C)NC(=O)Cc1c(C)nc2ccccc2c1C. The first-order valence-corrected chi connectivity index (χ1v) is 8.67. The van der Waals surface area contributed by atoms with Crippen molar-refractivity contribution in [1.29, 1.82) is 0 Å². The Kier molecular flexibility index (Phi) is 6.14. The van der Waals surface area contributed by atoms with Gasteiger partial charge in [0.1, 0.15) is 0 Å². The molecule has 0 radical (unpaired) electrons. The molecule has 1 N–H and O–H groups in total. The summed E-state index contributed by atoms with van der Waals surface area (Å²) in [6, 6.07) is 8.36. The fraction of sp³-hybridized carbons (Fsp3) is 0.500. The second-order valence-electron chi connectivity index (χ2n) is 6.46. The van der Waals surface area contributed by atoms with Crippen LogP contribution < -0.4 is 5.32 Å². The number of pyridine rings is 1. The van der Waals surface area contributed by atoms with Gasteiger partial charge in [0.15, 0.2) is 0 Å². The van der Waals surface area contributed by atoms with Crippen molar-refractivity contribution < 1.29 is 4.79 Å². The van der Waals surface area contributed by atoms with Gasteiger partial charge in [-0.05, 0) is 44.4 Å². The van der Waals surface area contributed by atoms with Crippen LogP contribution in [0.1, 0.15) is 56.4 Å². The molecule has 0 aliphatic rings. The minimum absolute atomic E-state index is 0.0947. The fourth-order valence-corrected chi connectivity index (χ4v) is 3.09. The fourth-order valence-electron chi connectivity index (χ4n) is 3.09. The highest BCUT2D eigenvalue weighted by atomic mass is 16.1. The predicted molar refractivity (Wildman–Crippen MR) is 96.7 cm³/mol. The predicted octanol–water partition coefficient (Wildman–Crippen LogP) is 4.48. The van der Waals surface area contributed by atoms with Crippen LogP contribution in [0, 0.1) is 13.8 Å². The quantitative estimate of drug-likeness (QED) is 0.766. The summed E-state index contributed by atoms with van der Waals surface area (Å²) in [5.41, 5.74) is 4.18. The number of fused-ring (bicyclic) bond motifs is 1. The average Bonchev–Trinajstić information content (AvgIpc) is 2.51. The van der Waals surface area contributed by atoms with Crippen molar-refractivity contribution in [2.45, 2.75) is 65.8 Å². The van der Waals surface area contributed by atoms with Crippen LogP contribution in [0.2, 0.25) is 0 Å². The number of carbonyl (C=O) groups is 1. The Hall–Kier alpha value is -1.90. The second-order valence-corrected chi connectivity index (χ2v) is 6.46. The molecule has 1 unspecified atom stereocenters. The number of carbonyl (C=O) groups excluding carboxylic acids is 1. The van der Waals surface area contributed by atoms with Crippen LogP contribution in [0.4, 0.5) is 0 Å². The Bertz CT molecular complexity index is 679. The molecule has 0 saturated carbocycles. The van der Waals surface area contributed by atoms with Gasteiger partial charge >= 0.3 is 0 Å². The minimum Gasteiger partial charge on any atom is -0.353 e. The zero-order chi connectivity index (χ0) is 16.8. The summed E-state index contributed by atoms with van der Waals surface area (Å²) in [7, 11) is 0. The molecule has 2 aromatic rings. The van der Waals surface area contributed by atoms with E-state index in [-0.39, 0.29) is 11.9 Å². The highest BCUT2D eigenvalue weighted by molar-refractivity contribution is 5.86. The molecule has 1 aromatic heterocycles. The maximum Gasteiger partial charge on any atom is 0.224 e. The second kappa shape index (κ2) is 8.09. The number of unbranched alkanes of at least 4 members (excludes halogenated alkanes) is 2. The molecule has 124 valence electrons. The van der Waals surface area contributed by atoms with E-state index in [1.54, 1.807) is 0 Å². The van der Waals surface area contributed by atoms with Crippen molar-refractivity contribution in [2.24, 2.45) is 0 Å². The Morgan fingerprint density at radius 2 is 1.96 bits per heavy atom. The molecule has 2 rings (SSSR count). The summed E-state index contributed by atoms with van der Waals surface area (Å²) in [4.78, 5) is 17.0. The van der Waals surface area contributed by atoms with E-state index in [4.69, 9.17) is 0 Å². The number of rotatable bonds is 7. The number of nitrogens with one attached hydrogen (secondary N) is 1. The molecule has 0 aliphatic heterocycles. The van der Waals surface area contributed by atoms with Gasteiger partial charge in [-0.25, -0.2) is 0 Å². The summed E-state index contributed by atoms with van der Waals surface area (Å²) >= 11 is 0. The summed E-state index contributed by atoms with van der Waals surface area (Å²) in [5, 5.41) is 4.26. The van der Waals surface area contributed by atoms with Crippen LogP contribution in [0.3, 0.4) is 0 Å². The molecule has 1 amide bonds. The van der Waals surface area contributed by atoms with Gasteiger partial charge in [0, 0.05) is 17.1 Å². The molecule has 1 atom stereocenters. The molecule has 1 aromatic carbocycles. The third kappa shape index (κ3) is 4.54. The Labute approximate surface area is 139 Å². The van der Waals surface area contributed by atoms with Crippen LogP contribution in [0.15, 0.2) is 24.3 Å². The number of amides is 1. The number of nitrogens with zero attached hydrogens (tertiary/aromatic N) is 1. The van der Waals surface area contributed by atoms with Gasteiger partial charge in [-0.1, -0.05) is 44.4 Å². The van der Waals surface area contributed by atoms with Crippen molar-refractivity contribution in [3.63, 3.8) is 0 Å². The van der Waals surface area contributed by atoms with E-state index in [9.17, 15) is 4.79 Å². The van der Waals surface area contributed by atoms with Crippen LogP contribution >= 0.6 is 0 Å². The van der Waals surface area contributed by atoms with Gasteiger partial charge in [0.05, 0.1) is 11.9 Å². The third-order valence-electron chi connectivity index (χ3n) is 4.47. The zero-order valence-corrected chi connectivity index (χ0v) is 14.8. The summed E-state index contributed by atoms with van der Waals surface area (Å²) < 4.78 is 0. The molecular formula is C20H28N2O. The van der Waals surface area contributed by atoms with Gasteiger partial charge in [-0.15, -0.1) is 0 Å². The number of benzene rings is 1. The smallest absolute Gasteiger partial charge is 0.224 e. The maximum atomic E-state index is 12.4. The van der Waals surface area contributed by atoms with Crippen LogP contribution in [0.25, 0.3) is 10.9 Å². The lowest BCUT2D eigenvalue weighted by atomic mass is 9.99. The van der Waals surface area contributed by atoms with E-state index in [2.05, 4.69) is 37.1 Å². The molecular weight excluding hydrogens is 284 g/mol. The van der Waals surface area contributed by atoms with Crippen molar-refractivity contribution >= 4 is 16.8 Å². The van der Waals surface area contributed by atoms with Crippen LogP contribution in [0.5, 0.6) is 0 Å². The number of aryl methyl sites for hydroxylation is 2. The van der Waals surface area contributed by atoms with Crippen LogP contribution in [-0.2, 0) is 11.2 Å². The lowest BCUT2D eigenvalue weighted by Crippen LogP contribution is -2.34. The summed E-state index contributed by atoms with van der Waals surface area (Å²) in [6.45, 7) is 8.37. The van der Waals surface area contributed by atoms with E-state index in [0.29, 0.717) is 6.42 Å². The Morgan fingerprint density at radius 3 is 2.70 bits per heavy atom. The lowest BCUT2D eigenvalue weighted by molar-refractivity contribution is -0.121. The average molecular weight is 312 g/mol. The monoisotopic (exact) mass is 312 g/mol. The Balaban J connectivity index is 2.07. The maximum absolute atomic E-state index is 12.4. The summed E-state index contributed by atoms with van der Waals surface area (Å²) in [6.07, 6.45) is 5.07. The highest BCUT2D eigenvalue weighted by Crippen LogP contribution is 2.22. The van der Waals surface area contributed by atoms with E-state index in [1.165, 1.54) is 24.8 Å². The van der Waals surface area contributed by atoms with Crippen LogP contribution in [-0.4, -0.2) is 16.9 Å². The third-order valence-corrected chi connectivity index (χ3v) is 4.47. The molecule has 0 bridgehead atoms. The topological polar surface area (TPSA) is 42.0 Å². The molecule has 0 aliphatic carbocycles. The van der Waals surface area contributed by atoms with Crippen molar-refractivity contribution in [3.8, 4) is 0 Å². The van der Waals surface area contributed by atoms with Gasteiger partial charge in [-0.3, -0.25) is 9.78 Å². The first kappa shape index (κ1) is 17.5. The van der Waals surface area contributed by atoms with E-state index in [0.717, 1.165) is 28.6 Å². The lowest BCUT2D eigenvalue weighted by Gasteiger charge is -2.16. The minimum atomic E-state index is 0.0947. The molecule has 0 saturated heterocycles. The molecule has 0 fully saturated rings. The normalized spacial score (nSPS) is 12.3. The number of hydrogen-bond acceptors (Lipinski definition) is 2. The first-order chi connectivity index (χ1) is 11.0. The van der Waals surface area contributed by atoms with E-state index >= 15 is 0 Å². The molecule has 23 heavy (non-hydrogen) atoms. The Morgan fingerprint density at radius 1 is 1.22 bits per heavy atom. The molecule has 0 spiro atoms. The van der Waals surface area contributed by atoms with E-state index in [1.807, 2.05) is 25.1 Å². The van der Waals surface area contributed by atoms with E-state index < -0.39 is 0 Å². The number of hydrogen-bond donors (Lipinski definition) is 1. The standard InChI is InChI=1S/C20H28N2O/c1-5-6-7-10-14(2)21-20(23)13-18-15(3)17-11-8-9-12-19(17)22-16(18)4/h8-9,11-12,14H,5-7,10,13H2,1-4H3,(H,21,23). The van der Waals surface area contributed by atoms with Crippen molar-refractivity contribution in [3.05, 3.63) is 41.1 Å². The van der Waals surface area contributed by atoms with Crippen molar-refractivity contribution in [1.82, 2.24) is 10.3 Å². The van der Waals surface area contributed by atoms with Gasteiger partial charge in [0.25, 0.3) is 0 Å².